The van der Waals surface area contributed by atoms with E-state index in [0.29, 0.717) is 5.92 Å². The number of para-hydroxylation sites is 1. The van der Waals surface area contributed by atoms with Crippen molar-refractivity contribution < 1.29 is 4.79 Å². The van der Waals surface area contributed by atoms with Crippen LogP contribution in [-0.2, 0) is 13.0 Å². The van der Waals surface area contributed by atoms with Gasteiger partial charge in [-0.25, -0.2) is 4.79 Å². The van der Waals surface area contributed by atoms with Gasteiger partial charge in [0.25, 0.3) is 0 Å². The summed E-state index contributed by atoms with van der Waals surface area (Å²) in [7, 11) is 0. The van der Waals surface area contributed by atoms with E-state index in [1.807, 2.05) is 4.90 Å². The maximum atomic E-state index is 12.5. The number of nitrogens with one attached hydrogen (secondary N) is 2. The van der Waals surface area contributed by atoms with Crippen molar-refractivity contribution in [3.8, 4) is 0 Å². The summed E-state index contributed by atoms with van der Waals surface area (Å²) in [6.07, 6.45) is 6.59. The number of fused-ring (bicyclic) bond motifs is 2. The zero-order chi connectivity index (χ0) is 21.0. The molecule has 2 N–H and O–H groups in total. The third kappa shape index (κ3) is 4.47. The lowest BCUT2D eigenvalue weighted by Gasteiger charge is -2.32. The number of likely N-dealkylation sites (tertiary alicyclic amines) is 1. The van der Waals surface area contributed by atoms with E-state index in [-0.39, 0.29) is 6.03 Å². The van der Waals surface area contributed by atoms with Crippen molar-refractivity contribution in [3.05, 3.63) is 71.4 Å². The Morgan fingerprint density at radius 1 is 1.00 bits per heavy atom. The Labute approximate surface area is 184 Å². The molecule has 0 radical (unpaired) electrons. The van der Waals surface area contributed by atoms with Gasteiger partial charge in [0.15, 0.2) is 0 Å². The highest BCUT2D eigenvalue weighted by Gasteiger charge is 2.23. The standard InChI is InChI=1S/C26H32N4O/c31-26(30-17-12-20-6-1-2-7-22(20)19-30)27-13-5-14-29-15-10-21(11-16-29)24-18-28-25-9-4-3-8-23(24)25/h1-4,6-9,18,21,28H,5,10-17,19H2,(H,27,31). The number of hydrogen-bond donors (Lipinski definition) is 2. The highest BCUT2D eigenvalue weighted by Crippen LogP contribution is 2.33. The van der Waals surface area contributed by atoms with Crippen LogP contribution in [0.15, 0.2) is 54.7 Å². The summed E-state index contributed by atoms with van der Waals surface area (Å²) in [5.41, 5.74) is 5.38. The third-order valence-electron chi connectivity index (χ3n) is 6.99. The van der Waals surface area contributed by atoms with Gasteiger partial charge in [-0.2, -0.15) is 0 Å². The second kappa shape index (κ2) is 9.15. The quantitative estimate of drug-likeness (QED) is 0.602. The molecule has 162 valence electrons. The molecule has 31 heavy (non-hydrogen) atoms. The van der Waals surface area contributed by atoms with E-state index in [0.717, 1.165) is 52.1 Å². The second-order valence-electron chi connectivity index (χ2n) is 8.93. The highest BCUT2D eigenvalue weighted by molar-refractivity contribution is 5.83. The minimum atomic E-state index is 0.0764. The summed E-state index contributed by atoms with van der Waals surface area (Å²) in [5, 5.41) is 4.51. The molecule has 0 atom stereocenters. The number of urea groups is 1. The number of carbonyl (C=O) groups excluding carboxylic acids is 1. The first-order valence-electron chi connectivity index (χ1n) is 11.7. The molecule has 5 rings (SSSR count). The van der Waals surface area contributed by atoms with Gasteiger partial charge in [-0.3, -0.25) is 0 Å². The zero-order valence-electron chi connectivity index (χ0n) is 18.1. The molecule has 3 heterocycles. The number of H-pyrrole nitrogens is 1. The number of rotatable bonds is 5. The fourth-order valence-electron chi connectivity index (χ4n) is 5.18. The molecule has 0 unspecified atom stereocenters. The van der Waals surface area contributed by atoms with Gasteiger partial charge in [0.2, 0.25) is 0 Å². The van der Waals surface area contributed by atoms with Gasteiger partial charge in [-0.05, 0) is 74.0 Å². The lowest BCUT2D eigenvalue weighted by atomic mass is 9.89. The Hall–Kier alpha value is -2.79. The number of nitrogens with zero attached hydrogens (tertiary/aromatic N) is 2. The van der Waals surface area contributed by atoms with E-state index in [4.69, 9.17) is 0 Å². The lowest BCUT2D eigenvalue weighted by molar-refractivity contribution is 0.188. The van der Waals surface area contributed by atoms with Gasteiger partial charge >= 0.3 is 6.03 Å². The summed E-state index contributed by atoms with van der Waals surface area (Å²) in [4.78, 5) is 20.5. The number of aromatic nitrogens is 1. The molecule has 5 nitrogen and oxygen atoms in total. The fraction of sp³-hybridized carbons (Fsp3) is 0.423. The third-order valence-corrected chi connectivity index (χ3v) is 6.99. The maximum absolute atomic E-state index is 12.5. The molecule has 0 aliphatic carbocycles. The summed E-state index contributed by atoms with van der Waals surface area (Å²) in [5.74, 6) is 0.647. The van der Waals surface area contributed by atoms with E-state index >= 15 is 0 Å². The van der Waals surface area contributed by atoms with Gasteiger partial charge in [0, 0.05) is 36.7 Å². The minimum Gasteiger partial charge on any atom is -0.361 e. The monoisotopic (exact) mass is 416 g/mol. The van der Waals surface area contributed by atoms with E-state index in [2.05, 4.69) is 69.9 Å². The first-order valence-corrected chi connectivity index (χ1v) is 11.7. The van der Waals surface area contributed by atoms with Crippen LogP contribution in [0.3, 0.4) is 0 Å². The molecular formula is C26H32N4O. The summed E-state index contributed by atoms with van der Waals surface area (Å²) in [6.45, 7) is 5.62. The zero-order valence-corrected chi connectivity index (χ0v) is 18.1. The van der Waals surface area contributed by atoms with E-state index < -0.39 is 0 Å². The molecule has 1 fully saturated rings. The number of aromatic amines is 1. The van der Waals surface area contributed by atoms with Crippen LogP contribution in [0.4, 0.5) is 4.79 Å². The minimum absolute atomic E-state index is 0.0764. The van der Waals surface area contributed by atoms with Gasteiger partial charge < -0.3 is 20.1 Å². The van der Waals surface area contributed by atoms with Crippen molar-refractivity contribution in [3.63, 3.8) is 0 Å². The predicted molar refractivity (Wildman–Crippen MR) is 125 cm³/mol. The molecular weight excluding hydrogens is 384 g/mol. The second-order valence-corrected chi connectivity index (χ2v) is 8.93. The Kier molecular flexibility index (Phi) is 5.94. The van der Waals surface area contributed by atoms with E-state index in [1.54, 1.807) is 0 Å². The van der Waals surface area contributed by atoms with Crippen LogP contribution in [0.1, 0.15) is 41.9 Å². The number of amides is 2. The van der Waals surface area contributed by atoms with E-state index in [9.17, 15) is 4.79 Å². The number of carbonyl (C=O) groups is 1. The molecule has 0 bridgehead atoms. The molecule has 1 saturated heterocycles. The molecule has 0 spiro atoms. The SMILES string of the molecule is O=C(NCCCN1CCC(c2c[nH]c3ccccc23)CC1)N1CCc2ccccc2C1. The van der Waals surface area contributed by atoms with Crippen molar-refractivity contribution in [1.82, 2.24) is 20.1 Å². The first kappa shape index (κ1) is 20.1. The van der Waals surface area contributed by atoms with Crippen LogP contribution in [0.25, 0.3) is 10.9 Å². The van der Waals surface area contributed by atoms with Crippen molar-refractivity contribution in [2.45, 2.75) is 38.1 Å². The molecule has 1 aromatic heterocycles. The molecule has 2 aliphatic rings. The summed E-state index contributed by atoms with van der Waals surface area (Å²) < 4.78 is 0. The lowest BCUT2D eigenvalue weighted by Crippen LogP contribution is -2.43. The number of piperidine rings is 1. The van der Waals surface area contributed by atoms with Crippen molar-refractivity contribution >= 4 is 16.9 Å². The molecule has 3 aromatic rings. The van der Waals surface area contributed by atoms with Crippen LogP contribution in [0.2, 0.25) is 0 Å². The average molecular weight is 417 g/mol. The smallest absolute Gasteiger partial charge is 0.317 e. The highest BCUT2D eigenvalue weighted by atomic mass is 16.2. The molecule has 2 aliphatic heterocycles. The van der Waals surface area contributed by atoms with Crippen molar-refractivity contribution in [1.29, 1.82) is 0 Å². The number of benzene rings is 2. The van der Waals surface area contributed by atoms with Gasteiger partial charge in [0.05, 0.1) is 0 Å². The van der Waals surface area contributed by atoms with Crippen LogP contribution >= 0.6 is 0 Å². The first-order chi connectivity index (χ1) is 15.3. The molecule has 5 heteroatoms. The fourth-order valence-corrected chi connectivity index (χ4v) is 5.18. The van der Waals surface area contributed by atoms with Crippen LogP contribution in [0.5, 0.6) is 0 Å². The van der Waals surface area contributed by atoms with Gasteiger partial charge in [-0.15, -0.1) is 0 Å². The van der Waals surface area contributed by atoms with Crippen molar-refractivity contribution in [2.24, 2.45) is 0 Å². The average Bonchev–Trinajstić information content (AvgIpc) is 3.26. The van der Waals surface area contributed by atoms with Crippen molar-refractivity contribution in [2.75, 3.05) is 32.7 Å². The Morgan fingerprint density at radius 3 is 2.65 bits per heavy atom. The van der Waals surface area contributed by atoms with Gasteiger partial charge in [-0.1, -0.05) is 42.5 Å². The van der Waals surface area contributed by atoms with E-state index in [1.165, 1.54) is 40.4 Å². The molecule has 0 saturated carbocycles. The molecule has 2 aromatic carbocycles. The topological polar surface area (TPSA) is 51.4 Å². The Bertz CT molecular complexity index is 1030. The largest absolute Gasteiger partial charge is 0.361 e. The molecule has 2 amide bonds. The van der Waals surface area contributed by atoms with Gasteiger partial charge in [0.1, 0.15) is 0 Å². The maximum Gasteiger partial charge on any atom is 0.317 e. The normalized spacial score (nSPS) is 17.6. The summed E-state index contributed by atoms with van der Waals surface area (Å²) in [6, 6.07) is 17.1. The van der Waals surface area contributed by atoms with Crippen LogP contribution < -0.4 is 5.32 Å². The Morgan fingerprint density at radius 2 is 1.77 bits per heavy atom. The predicted octanol–water partition coefficient (Wildman–Crippen LogP) is 4.51. The van der Waals surface area contributed by atoms with Crippen LogP contribution in [0, 0.1) is 0 Å². The summed E-state index contributed by atoms with van der Waals surface area (Å²) >= 11 is 0. The number of hydrogen-bond acceptors (Lipinski definition) is 2. The Balaban J connectivity index is 1.03. The van der Waals surface area contributed by atoms with Crippen LogP contribution in [-0.4, -0.2) is 53.5 Å².